The van der Waals surface area contributed by atoms with Crippen LogP contribution in [0, 0.1) is 0 Å². The van der Waals surface area contributed by atoms with E-state index in [1.165, 1.54) is 32.7 Å². The molecule has 1 aromatic heterocycles. The van der Waals surface area contributed by atoms with Crippen LogP contribution in [0.2, 0.25) is 0 Å². The summed E-state index contributed by atoms with van der Waals surface area (Å²) >= 11 is 0. The zero-order chi connectivity index (χ0) is 20.9. The first-order valence-corrected chi connectivity index (χ1v) is 10.1. The number of sulfonamides is 1. The molecule has 152 valence electrons. The molecule has 3 aromatic rings. The van der Waals surface area contributed by atoms with Crippen LogP contribution < -0.4 is 18.9 Å². The molecule has 0 unspecified atom stereocenters. The third-order valence-corrected chi connectivity index (χ3v) is 5.65. The van der Waals surface area contributed by atoms with Crippen LogP contribution in [-0.4, -0.2) is 39.7 Å². The highest BCUT2D eigenvalue weighted by Crippen LogP contribution is 2.28. The largest absolute Gasteiger partial charge is 0.497 e. The summed E-state index contributed by atoms with van der Waals surface area (Å²) in [6.07, 6.45) is 1.40. The Kier molecular flexibility index (Phi) is 6.30. The summed E-state index contributed by atoms with van der Waals surface area (Å²) in [5.41, 5.74) is 2.08. The molecule has 0 fully saturated rings. The van der Waals surface area contributed by atoms with Crippen molar-refractivity contribution >= 4 is 10.0 Å². The molecular weight excluding hydrogens is 394 g/mol. The first-order valence-electron chi connectivity index (χ1n) is 8.64. The maximum atomic E-state index is 12.7. The van der Waals surface area contributed by atoms with Gasteiger partial charge in [-0.1, -0.05) is 0 Å². The first kappa shape index (κ1) is 20.6. The zero-order valence-corrected chi connectivity index (χ0v) is 17.1. The average molecular weight is 415 g/mol. The second-order valence-corrected chi connectivity index (χ2v) is 7.70. The van der Waals surface area contributed by atoms with Gasteiger partial charge in [-0.2, -0.15) is 0 Å². The van der Waals surface area contributed by atoms with E-state index in [1.54, 1.807) is 19.2 Å². The van der Waals surface area contributed by atoms with Crippen LogP contribution in [0.15, 0.2) is 59.8 Å². The number of ether oxygens (including phenoxy) is 3. The Morgan fingerprint density at radius 2 is 1.55 bits per heavy atom. The van der Waals surface area contributed by atoms with E-state index in [0.717, 1.165) is 11.3 Å². The maximum absolute atomic E-state index is 12.7. The number of nitrogens with zero attached hydrogens (tertiary/aromatic N) is 2. The quantitative estimate of drug-likeness (QED) is 0.604. The van der Waals surface area contributed by atoms with E-state index in [4.69, 9.17) is 14.2 Å². The summed E-state index contributed by atoms with van der Waals surface area (Å²) in [5, 5.41) is 0. The molecule has 3 rings (SSSR count). The predicted molar refractivity (Wildman–Crippen MR) is 108 cm³/mol. The highest BCUT2D eigenvalue weighted by atomic mass is 32.2. The molecule has 0 atom stereocenters. The fourth-order valence-electron chi connectivity index (χ4n) is 2.66. The number of hydrogen-bond acceptors (Lipinski definition) is 7. The molecule has 1 heterocycles. The smallest absolute Gasteiger partial charge is 0.244 e. The van der Waals surface area contributed by atoms with Gasteiger partial charge in [-0.25, -0.2) is 23.1 Å². The molecule has 8 nitrogen and oxygen atoms in total. The Balaban J connectivity index is 1.79. The van der Waals surface area contributed by atoms with Gasteiger partial charge in [0, 0.05) is 11.6 Å². The lowest BCUT2D eigenvalue weighted by atomic mass is 10.1. The Morgan fingerprint density at radius 1 is 0.862 bits per heavy atom. The fraction of sp³-hybridized carbons (Fsp3) is 0.200. The summed E-state index contributed by atoms with van der Waals surface area (Å²) < 4.78 is 43.4. The summed E-state index contributed by atoms with van der Waals surface area (Å²) in [6.45, 7) is 0.00317. The number of hydrogen-bond donors (Lipinski definition) is 1. The molecule has 0 spiro atoms. The third-order valence-electron chi connectivity index (χ3n) is 4.21. The van der Waals surface area contributed by atoms with Crippen molar-refractivity contribution in [3.8, 4) is 28.5 Å². The fourth-order valence-corrected chi connectivity index (χ4v) is 3.81. The van der Waals surface area contributed by atoms with Gasteiger partial charge >= 0.3 is 0 Å². The van der Waals surface area contributed by atoms with Crippen molar-refractivity contribution in [2.45, 2.75) is 11.4 Å². The molecule has 9 heteroatoms. The van der Waals surface area contributed by atoms with Crippen molar-refractivity contribution < 1.29 is 22.6 Å². The number of methoxy groups -OCH3 is 3. The van der Waals surface area contributed by atoms with Gasteiger partial charge < -0.3 is 14.2 Å². The average Bonchev–Trinajstić information content (AvgIpc) is 2.77. The van der Waals surface area contributed by atoms with Crippen molar-refractivity contribution in [3.63, 3.8) is 0 Å². The first-order chi connectivity index (χ1) is 14.0. The van der Waals surface area contributed by atoms with Gasteiger partial charge in [-0.05, 0) is 42.5 Å². The van der Waals surface area contributed by atoms with Gasteiger partial charge in [0.25, 0.3) is 0 Å². The Labute approximate surface area is 169 Å². The number of aromatic nitrogens is 2. The van der Waals surface area contributed by atoms with E-state index in [1.807, 2.05) is 24.3 Å². The SMILES string of the molecule is COc1ccc(-c2cc(CNS(=O)(=O)c3ccc(OC)cc3OC)ncn2)cc1. The summed E-state index contributed by atoms with van der Waals surface area (Å²) in [4.78, 5) is 8.42. The van der Waals surface area contributed by atoms with Crippen LogP contribution in [0.25, 0.3) is 11.3 Å². The molecule has 0 saturated heterocycles. The van der Waals surface area contributed by atoms with E-state index in [-0.39, 0.29) is 17.2 Å². The summed E-state index contributed by atoms with van der Waals surface area (Å²) in [6, 6.07) is 13.6. The minimum Gasteiger partial charge on any atom is -0.497 e. The van der Waals surface area contributed by atoms with Crippen LogP contribution in [0.4, 0.5) is 0 Å². The van der Waals surface area contributed by atoms with Gasteiger partial charge in [0.2, 0.25) is 10.0 Å². The monoisotopic (exact) mass is 415 g/mol. The molecule has 0 saturated carbocycles. The highest BCUT2D eigenvalue weighted by molar-refractivity contribution is 7.89. The van der Waals surface area contributed by atoms with Crippen LogP contribution in [-0.2, 0) is 16.6 Å². The number of benzene rings is 2. The standard InChI is InChI=1S/C20H21N3O5S/c1-26-16-6-4-14(5-7-16)18-10-15(21-13-22-18)12-23-29(24,25)20-9-8-17(27-2)11-19(20)28-3/h4-11,13,23H,12H2,1-3H3. The third kappa shape index (κ3) is 4.82. The number of nitrogens with one attached hydrogen (secondary N) is 1. The van der Waals surface area contributed by atoms with Crippen LogP contribution in [0.5, 0.6) is 17.2 Å². The highest BCUT2D eigenvalue weighted by Gasteiger charge is 2.20. The van der Waals surface area contributed by atoms with Crippen LogP contribution >= 0.6 is 0 Å². The van der Waals surface area contributed by atoms with Crippen molar-refractivity contribution in [1.82, 2.24) is 14.7 Å². The molecule has 0 aliphatic heterocycles. The molecule has 0 aliphatic carbocycles. The van der Waals surface area contributed by atoms with Crippen LogP contribution in [0.1, 0.15) is 5.69 Å². The summed E-state index contributed by atoms with van der Waals surface area (Å²) in [5.74, 6) is 1.43. The molecule has 0 radical (unpaired) electrons. The molecular formula is C20H21N3O5S. The van der Waals surface area contributed by atoms with Crippen LogP contribution in [0.3, 0.4) is 0 Å². The Morgan fingerprint density at radius 3 is 2.21 bits per heavy atom. The van der Waals surface area contributed by atoms with Crippen molar-refractivity contribution in [1.29, 1.82) is 0 Å². The van der Waals surface area contributed by atoms with E-state index < -0.39 is 10.0 Å². The lowest BCUT2D eigenvalue weighted by Crippen LogP contribution is -2.24. The van der Waals surface area contributed by atoms with E-state index in [2.05, 4.69) is 14.7 Å². The zero-order valence-electron chi connectivity index (χ0n) is 16.2. The molecule has 1 N–H and O–H groups in total. The Hall–Kier alpha value is -3.17. The molecule has 0 bridgehead atoms. The van der Waals surface area contributed by atoms with E-state index in [0.29, 0.717) is 17.1 Å². The molecule has 2 aromatic carbocycles. The second kappa shape index (κ2) is 8.89. The van der Waals surface area contributed by atoms with Gasteiger partial charge in [0.05, 0.1) is 39.3 Å². The van der Waals surface area contributed by atoms with E-state index in [9.17, 15) is 8.42 Å². The minimum absolute atomic E-state index is 0.00317. The van der Waals surface area contributed by atoms with Gasteiger partial charge in [-0.3, -0.25) is 0 Å². The topological polar surface area (TPSA) is 99.6 Å². The summed E-state index contributed by atoms with van der Waals surface area (Å²) in [7, 11) is 0.678. The predicted octanol–water partition coefficient (Wildman–Crippen LogP) is 2.65. The van der Waals surface area contributed by atoms with Gasteiger partial charge in [-0.15, -0.1) is 0 Å². The lowest BCUT2D eigenvalue weighted by Gasteiger charge is -2.12. The lowest BCUT2D eigenvalue weighted by molar-refractivity contribution is 0.386. The maximum Gasteiger partial charge on any atom is 0.244 e. The normalized spacial score (nSPS) is 11.1. The molecule has 0 amide bonds. The molecule has 0 aliphatic rings. The van der Waals surface area contributed by atoms with Crippen molar-refractivity contribution in [2.75, 3.05) is 21.3 Å². The minimum atomic E-state index is -3.82. The second-order valence-electron chi connectivity index (χ2n) is 5.96. The van der Waals surface area contributed by atoms with Gasteiger partial charge in [0.1, 0.15) is 28.5 Å². The van der Waals surface area contributed by atoms with Crippen molar-refractivity contribution in [2.24, 2.45) is 0 Å². The van der Waals surface area contributed by atoms with Crippen molar-refractivity contribution in [3.05, 3.63) is 60.6 Å². The Bertz CT molecular complexity index is 1090. The van der Waals surface area contributed by atoms with Gasteiger partial charge in [0.15, 0.2) is 0 Å². The van der Waals surface area contributed by atoms with E-state index >= 15 is 0 Å². The number of rotatable bonds is 8. The molecule has 29 heavy (non-hydrogen) atoms.